The summed E-state index contributed by atoms with van der Waals surface area (Å²) in [5.41, 5.74) is 8.93. The number of imidazole rings is 1. The number of likely N-dealkylation sites (tertiary alicyclic amines) is 1. The minimum atomic E-state index is 0.250. The van der Waals surface area contributed by atoms with Crippen molar-refractivity contribution in [3.63, 3.8) is 0 Å². The van der Waals surface area contributed by atoms with Gasteiger partial charge in [-0.25, -0.2) is 4.98 Å². The zero-order valence-electron chi connectivity index (χ0n) is 29.7. The number of nitrogens with one attached hydrogen (secondary N) is 1. The van der Waals surface area contributed by atoms with Crippen LogP contribution in [0.25, 0.3) is 22.2 Å². The number of carbonyl (C=O) groups excluding carboxylic acids is 2. The smallest absolute Gasteiger partial charge is 0.204 e. The van der Waals surface area contributed by atoms with Crippen LogP contribution in [-0.2, 0) is 16.0 Å². The summed E-state index contributed by atoms with van der Waals surface area (Å²) in [7, 11) is 1.69. The van der Waals surface area contributed by atoms with Crippen molar-refractivity contribution in [1.82, 2.24) is 19.9 Å². The first kappa shape index (κ1) is 39.5. The van der Waals surface area contributed by atoms with Crippen LogP contribution in [0.2, 0.25) is 0 Å². The molecule has 1 saturated heterocycles. The third-order valence-electron chi connectivity index (χ3n) is 9.22. The summed E-state index contributed by atoms with van der Waals surface area (Å²) in [5, 5.41) is 1.09. The highest BCUT2D eigenvalue weighted by Crippen LogP contribution is 2.53. The number of carbonyl (C=O) groups is 2. The lowest BCUT2D eigenvalue weighted by Crippen LogP contribution is -2.34. The SMILES string of the molecule is C#C.CC.CCN1CCC2(CC1)CC2.COc1cc2nc(C)ccc2cc1-c1cnc(CCCCCCC(=O)CC2CC2)[nH]1.NC=O. The highest BCUT2D eigenvalue weighted by molar-refractivity contribution is 5.87. The summed E-state index contributed by atoms with van der Waals surface area (Å²) >= 11 is 0. The highest BCUT2D eigenvalue weighted by atomic mass is 16.5. The molecule has 3 aliphatic rings. The number of ketones is 1. The third kappa shape index (κ3) is 13.5. The number of amides is 1. The average molecular weight is 646 g/mol. The number of nitrogens with two attached hydrogens (primary N) is 1. The minimum absolute atomic E-state index is 0.250. The van der Waals surface area contributed by atoms with E-state index in [1.807, 2.05) is 39.1 Å². The van der Waals surface area contributed by atoms with Crippen LogP contribution in [0.1, 0.15) is 109 Å². The number of aromatic amines is 1. The molecule has 8 heteroatoms. The maximum atomic E-state index is 11.8. The lowest BCUT2D eigenvalue weighted by molar-refractivity contribution is -0.119. The van der Waals surface area contributed by atoms with Gasteiger partial charge in [0, 0.05) is 42.0 Å². The molecule has 2 saturated carbocycles. The van der Waals surface area contributed by atoms with Gasteiger partial charge in [-0.3, -0.25) is 14.6 Å². The number of terminal acetylenes is 1. The Morgan fingerprint density at radius 3 is 2.34 bits per heavy atom. The summed E-state index contributed by atoms with van der Waals surface area (Å²) < 4.78 is 5.61. The van der Waals surface area contributed by atoms with Crippen LogP contribution in [0.3, 0.4) is 0 Å². The lowest BCUT2D eigenvalue weighted by atomic mass is 9.94. The van der Waals surface area contributed by atoms with Gasteiger partial charge >= 0.3 is 0 Å². The second kappa shape index (κ2) is 21.2. The number of hydrogen-bond donors (Lipinski definition) is 2. The topological polar surface area (TPSA) is 114 Å². The molecule has 1 spiro atoms. The Kier molecular flexibility index (Phi) is 17.8. The molecule has 0 unspecified atom stereocenters. The summed E-state index contributed by atoms with van der Waals surface area (Å²) in [4.78, 5) is 35.6. The first-order valence-electron chi connectivity index (χ1n) is 17.6. The van der Waals surface area contributed by atoms with Crippen LogP contribution in [0.4, 0.5) is 0 Å². The van der Waals surface area contributed by atoms with Gasteiger partial charge in [-0.2, -0.15) is 0 Å². The Hall–Kier alpha value is -3.70. The first-order chi connectivity index (χ1) is 22.9. The Bertz CT molecular complexity index is 1360. The maximum absolute atomic E-state index is 11.8. The van der Waals surface area contributed by atoms with Crippen LogP contribution >= 0.6 is 0 Å². The number of benzene rings is 1. The highest BCUT2D eigenvalue weighted by Gasteiger charge is 2.43. The van der Waals surface area contributed by atoms with E-state index in [4.69, 9.17) is 9.53 Å². The largest absolute Gasteiger partial charge is 0.496 e. The molecule has 47 heavy (non-hydrogen) atoms. The van der Waals surface area contributed by atoms with E-state index in [1.165, 1.54) is 58.2 Å². The van der Waals surface area contributed by atoms with Gasteiger partial charge < -0.3 is 20.4 Å². The predicted octanol–water partition coefficient (Wildman–Crippen LogP) is 8.06. The van der Waals surface area contributed by atoms with E-state index in [2.05, 4.69) is 57.5 Å². The summed E-state index contributed by atoms with van der Waals surface area (Å²) in [6.07, 6.45) is 25.6. The number of aryl methyl sites for hydroxylation is 2. The van der Waals surface area contributed by atoms with Crippen LogP contribution < -0.4 is 10.5 Å². The van der Waals surface area contributed by atoms with Gasteiger partial charge in [0.25, 0.3) is 0 Å². The quantitative estimate of drug-likeness (QED) is 0.117. The van der Waals surface area contributed by atoms with Gasteiger partial charge in [0.15, 0.2) is 0 Å². The van der Waals surface area contributed by atoms with E-state index in [1.54, 1.807) is 7.11 Å². The number of fused-ring (bicyclic) bond motifs is 1. The standard InChI is InChI=1S/C25H31N3O2.C9H17N.C2H6.C2H2.CH3NO/c1-17-9-12-19-14-21(24(30-2)15-22(19)27-17)23-16-26-25(28-23)8-6-4-3-5-7-20(29)13-18-10-11-18;1-2-10-7-5-9(3-4-9)6-8-10;2*1-2;2-1-3/h9,12,14-16,18H,3-8,10-11,13H2,1-2H3,(H,26,28);2-8H2,1H3;1-2H3;1-2H;1H,(H2,2,3). The number of methoxy groups -OCH3 is 1. The molecule has 3 fully saturated rings. The molecule has 1 amide bonds. The minimum Gasteiger partial charge on any atom is -0.496 e. The number of aromatic nitrogens is 3. The Morgan fingerprint density at radius 2 is 1.74 bits per heavy atom. The number of Topliss-reactive ketones (excluding diaryl/α,β-unsaturated/α-hetero) is 1. The second-order valence-electron chi connectivity index (χ2n) is 12.6. The van der Waals surface area contributed by atoms with Crippen molar-refractivity contribution < 1.29 is 14.3 Å². The monoisotopic (exact) mass is 645 g/mol. The van der Waals surface area contributed by atoms with E-state index in [9.17, 15) is 4.79 Å². The first-order valence-corrected chi connectivity index (χ1v) is 17.6. The lowest BCUT2D eigenvalue weighted by Gasteiger charge is -2.30. The number of primary amides is 1. The maximum Gasteiger partial charge on any atom is 0.204 e. The van der Waals surface area contributed by atoms with Crippen molar-refractivity contribution in [2.24, 2.45) is 17.1 Å². The number of piperidine rings is 1. The number of nitrogens with zero attached hydrogens (tertiary/aromatic N) is 3. The molecule has 2 aromatic heterocycles. The van der Waals surface area contributed by atoms with Crippen molar-refractivity contribution in [1.29, 1.82) is 0 Å². The number of rotatable bonds is 12. The van der Waals surface area contributed by atoms with Gasteiger partial charge in [0.2, 0.25) is 6.41 Å². The molecule has 3 heterocycles. The van der Waals surface area contributed by atoms with Gasteiger partial charge in [0.1, 0.15) is 17.4 Å². The van der Waals surface area contributed by atoms with E-state index < -0.39 is 0 Å². The van der Waals surface area contributed by atoms with Gasteiger partial charge in [-0.1, -0.05) is 39.7 Å². The van der Waals surface area contributed by atoms with Crippen molar-refractivity contribution >= 4 is 23.1 Å². The van der Waals surface area contributed by atoms with Crippen LogP contribution in [0, 0.1) is 31.1 Å². The summed E-state index contributed by atoms with van der Waals surface area (Å²) in [6.45, 7) is 12.3. The molecule has 0 bridgehead atoms. The molecule has 0 radical (unpaired) electrons. The molecule has 2 aliphatic carbocycles. The molecule has 1 aromatic carbocycles. The molecule has 3 N–H and O–H groups in total. The molecular weight excluding hydrogens is 586 g/mol. The molecule has 258 valence electrons. The van der Waals surface area contributed by atoms with Crippen molar-refractivity contribution in [2.45, 2.75) is 111 Å². The molecule has 3 aromatic rings. The predicted molar refractivity (Wildman–Crippen MR) is 194 cm³/mol. The van der Waals surface area contributed by atoms with Crippen molar-refractivity contribution in [3.8, 4) is 29.9 Å². The zero-order valence-corrected chi connectivity index (χ0v) is 29.7. The zero-order chi connectivity index (χ0) is 34.7. The molecule has 8 nitrogen and oxygen atoms in total. The normalized spacial score (nSPS) is 15.7. The van der Waals surface area contributed by atoms with E-state index in [0.717, 1.165) is 89.8 Å². The fraction of sp³-hybridized carbons (Fsp3) is 0.590. The van der Waals surface area contributed by atoms with Gasteiger partial charge in [-0.05, 0) is 101 Å². The van der Waals surface area contributed by atoms with Crippen molar-refractivity contribution in [2.75, 3.05) is 26.7 Å². The molecule has 6 rings (SSSR count). The van der Waals surface area contributed by atoms with Gasteiger partial charge in [0.05, 0.1) is 24.5 Å². The Morgan fingerprint density at radius 1 is 1.09 bits per heavy atom. The fourth-order valence-corrected chi connectivity index (χ4v) is 5.99. The number of hydrogen-bond acceptors (Lipinski definition) is 6. The van der Waals surface area contributed by atoms with Gasteiger partial charge in [-0.15, -0.1) is 12.8 Å². The second-order valence-corrected chi connectivity index (χ2v) is 12.6. The number of H-pyrrole nitrogens is 1. The number of ether oxygens (including phenoxy) is 1. The van der Waals surface area contributed by atoms with E-state index >= 15 is 0 Å². The van der Waals surface area contributed by atoms with Crippen LogP contribution in [0.15, 0.2) is 30.5 Å². The fourth-order valence-electron chi connectivity index (χ4n) is 5.99. The number of pyridine rings is 1. The Labute approximate surface area is 283 Å². The molecule has 0 atom stereocenters. The summed E-state index contributed by atoms with van der Waals surface area (Å²) in [5.74, 6) is 2.97. The molecule has 1 aliphatic heterocycles. The average Bonchev–Trinajstić information content (AvgIpc) is 4.03. The Balaban J connectivity index is 0.000000373. The van der Waals surface area contributed by atoms with Crippen LogP contribution in [0.5, 0.6) is 5.75 Å². The number of unbranched alkanes of at least 4 members (excludes halogenated alkanes) is 3. The van der Waals surface area contributed by atoms with Crippen molar-refractivity contribution in [3.05, 3.63) is 42.0 Å². The van der Waals surface area contributed by atoms with E-state index in [0.29, 0.717) is 11.7 Å². The summed E-state index contributed by atoms with van der Waals surface area (Å²) in [6, 6.07) is 8.21. The third-order valence-corrected chi connectivity index (χ3v) is 9.22. The van der Waals surface area contributed by atoms with E-state index in [-0.39, 0.29) is 6.41 Å². The van der Waals surface area contributed by atoms with Crippen LogP contribution in [-0.4, -0.2) is 58.8 Å². The molecular formula is C39H59N5O3.